The van der Waals surface area contributed by atoms with E-state index in [1.165, 1.54) is 7.11 Å². The van der Waals surface area contributed by atoms with Gasteiger partial charge in [-0.3, -0.25) is 0 Å². The standard InChI is InChI=1S/C9H9F6N3O2/c1-19-3-5-17-4(16)2-6(18-5)20-7(8(10,11)12)9(13,14)15/h2,7H,3H2,1H3,(H2,16,17,18). The third-order valence-electron chi connectivity index (χ3n) is 1.88. The summed E-state index contributed by atoms with van der Waals surface area (Å²) in [6, 6.07) is 0.656. The van der Waals surface area contributed by atoms with E-state index in [2.05, 4.69) is 19.4 Å². The van der Waals surface area contributed by atoms with Gasteiger partial charge < -0.3 is 15.2 Å². The van der Waals surface area contributed by atoms with Crippen molar-refractivity contribution in [1.29, 1.82) is 0 Å². The highest BCUT2D eigenvalue weighted by Gasteiger charge is 2.59. The fourth-order valence-corrected chi connectivity index (χ4v) is 1.19. The lowest BCUT2D eigenvalue weighted by Gasteiger charge is -2.23. The number of nitrogens with zero attached hydrogens (tertiary/aromatic N) is 2. The molecule has 0 aromatic carbocycles. The zero-order valence-electron chi connectivity index (χ0n) is 9.92. The predicted molar refractivity (Wildman–Crippen MR) is 53.7 cm³/mol. The lowest BCUT2D eigenvalue weighted by Crippen LogP contribution is -2.46. The number of nitrogens with two attached hydrogens (primary N) is 1. The van der Waals surface area contributed by atoms with Gasteiger partial charge in [0.1, 0.15) is 12.4 Å². The van der Waals surface area contributed by atoms with Gasteiger partial charge in [0, 0.05) is 13.2 Å². The van der Waals surface area contributed by atoms with E-state index in [1.54, 1.807) is 0 Å². The molecule has 0 unspecified atom stereocenters. The van der Waals surface area contributed by atoms with Crippen LogP contribution in [0.1, 0.15) is 5.82 Å². The quantitative estimate of drug-likeness (QED) is 0.862. The molecule has 1 aromatic heterocycles. The van der Waals surface area contributed by atoms with Gasteiger partial charge in [0.2, 0.25) is 5.88 Å². The van der Waals surface area contributed by atoms with Crippen LogP contribution in [-0.2, 0) is 11.3 Å². The number of ether oxygens (including phenoxy) is 2. The van der Waals surface area contributed by atoms with E-state index >= 15 is 0 Å². The van der Waals surface area contributed by atoms with Crippen LogP contribution in [0.15, 0.2) is 6.07 Å². The molecular formula is C9H9F6N3O2. The van der Waals surface area contributed by atoms with Gasteiger partial charge in [0.25, 0.3) is 6.10 Å². The second kappa shape index (κ2) is 5.69. The van der Waals surface area contributed by atoms with Crippen LogP contribution in [0, 0.1) is 0 Å². The molecule has 0 amide bonds. The first-order valence-electron chi connectivity index (χ1n) is 4.96. The monoisotopic (exact) mass is 305 g/mol. The molecule has 0 saturated heterocycles. The Morgan fingerprint density at radius 2 is 1.70 bits per heavy atom. The predicted octanol–water partition coefficient (Wildman–Crippen LogP) is 2.08. The number of rotatable bonds is 4. The van der Waals surface area contributed by atoms with Gasteiger partial charge in [-0.1, -0.05) is 0 Å². The smallest absolute Gasteiger partial charge is 0.434 e. The maximum atomic E-state index is 12.3. The molecule has 0 spiro atoms. The highest BCUT2D eigenvalue weighted by atomic mass is 19.4. The van der Waals surface area contributed by atoms with Crippen LogP contribution in [0.2, 0.25) is 0 Å². The minimum atomic E-state index is -5.64. The Kier molecular flexibility index (Phi) is 4.63. The third-order valence-corrected chi connectivity index (χ3v) is 1.88. The molecule has 114 valence electrons. The highest BCUT2D eigenvalue weighted by molar-refractivity contribution is 5.33. The number of halogens is 6. The summed E-state index contributed by atoms with van der Waals surface area (Å²) in [6.45, 7) is -0.246. The first-order chi connectivity index (χ1) is 9.04. The number of aromatic nitrogens is 2. The molecule has 0 atom stereocenters. The SMILES string of the molecule is COCc1nc(N)cc(OC(C(F)(F)F)C(F)(F)F)n1. The lowest BCUT2D eigenvalue weighted by atomic mass is 10.3. The Morgan fingerprint density at radius 1 is 1.15 bits per heavy atom. The van der Waals surface area contributed by atoms with E-state index < -0.39 is 24.3 Å². The molecule has 0 saturated carbocycles. The third kappa shape index (κ3) is 4.40. The maximum Gasteiger partial charge on any atom is 0.434 e. The second-order valence-electron chi connectivity index (χ2n) is 3.56. The fourth-order valence-electron chi connectivity index (χ4n) is 1.19. The minimum Gasteiger partial charge on any atom is -0.455 e. The maximum absolute atomic E-state index is 12.3. The molecule has 5 nitrogen and oxygen atoms in total. The summed E-state index contributed by atoms with van der Waals surface area (Å²) in [6.07, 6.45) is -15.3. The van der Waals surface area contributed by atoms with Gasteiger partial charge in [0.05, 0.1) is 0 Å². The molecule has 0 aliphatic rings. The molecule has 1 heterocycles. The first-order valence-corrected chi connectivity index (χ1v) is 4.96. The van der Waals surface area contributed by atoms with Crippen molar-refractivity contribution in [3.63, 3.8) is 0 Å². The summed E-state index contributed by atoms with van der Waals surface area (Å²) in [5.74, 6) is -1.49. The van der Waals surface area contributed by atoms with Crippen molar-refractivity contribution in [1.82, 2.24) is 9.97 Å². The van der Waals surface area contributed by atoms with E-state index in [0.717, 1.165) is 0 Å². The Labute approximate surface area is 108 Å². The number of hydrogen-bond donors (Lipinski definition) is 1. The molecule has 20 heavy (non-hydrogen) atoms. The van der Waals surface area contributed by atoms with E-state index in [-0.39, 0.29) is 18.2 Å². The summed E-state index contributed by atoms with van der Waals surface area (Å²) in [7, 11) is 1.24. The van der Waals surface area contributed by atoms with Gasteiger partial charge in [-0.05, 0) is 0 Å². The molecule has 0 aliphatic carbocycles. The lowest BCUT2D eigenvalue weighted by molar-refractivity contribution is -0.300. The van der Waals surface area contributed by atoms with E-state index in [4.69, 9.17) is 5.73 Å². The number of methoxy groups -OCH3 is 1. The molecule has 2 N–H and O–H groups in total. The van der Waals surface area contributed by atoms with Crippen LogP contribution in [0.5, 0.6) is 5.88 Å². The summed E-state index contributed by atoms with van der Waals surface area (Å²) < 4.78 is 82.3. The van der Waals surface area contributed by atoms with E-state index in [9.17, 15) is 26.3 Å². The molecule has 0 radical (unpaired) electrons. The highest BCUT2D eigenvalue weighted by Crippen LogP contribution is 2.36. The van der Waals surface area contributed by atoms with Gasteiger partial charge >= 0.3 is 12.4 Å². The van der Waals surface area contributed by atoms with Crippen molar-refractivity contribution in [2.45, 2.75) is 25.1 Å². The van der Waals surface area contributed by atoms with Gasteiger partial charge in [-0.15, -0.1) is 0 Å². The van der Waals surface area contributed by atoms with Gasteiger partial charge in [-0.25, -0.2) is 4.98 Å². The molecule has 11 heteroatoms. The number of nitrogen functional groups attached to an aromatic ring is 1. The van der Waals surface area contributed by atoms with Crippen molar-refractivity contribution in [2.24, 2.45) is 0 Å². The normalized spacial score (nSPS) is 12.8. The topological polar surface area (TPSA) is 70.3 Å². The zero-order chi connectivity index (χ0) is 15.6. The summed E-state index contributed by atoms with van der Waals surface area (Å²) >= 11 is 0. The molecule has 0 fully saturated rings. The Hall–Kier alpha value is -1.78. The zero-order valence-corrected chi connectivity index (χ0v) is 9.92. The number of hydrogen-bond acceptors (Lipinski definition) is 5. The van der Waals surface area contributed by atoms with Crippen LogP contribution in [0.3, 0.4) is 0 Å². The summed E-state index contributed by atoms with van der Waals surface area (Å²) in [4.78, 5) is 6.91. The molecule has 0 aliphatic heterocycles. The van der Waals surface area contributed by atoms with Crippen LogP contribution in [-0.4, -0.2) is 35.5 Å². The summed E-state index contributed by atoms with van der Waals surface area (Å²) in [5, 5.41) is 0. The number of alkyl halides is 6. The molecule has 0 bridgehead atoms. The van der Waals surface area contributed by atoms with Crippen molar-refractivity contribution < 1.29 is 35.8 Å². The summed E-state index contributed by atoms with van der Waals surface area (Å²) in [5.41, 5.74) is 5.23. The van der Waals surface area contributed by atoms with E-state index in [1.807, 2.05) is 0 Å². The van der Waals surface area contributed by atoms with Crippen LogP contribution in [0.25, 0.3) is 0 Å². The second-order valence-corrected chi connectivity index (χ2v) is 3.56. The first kappa shape index (κ1) is 16.3. The minimum absolute atomic E-state index is 0.203. The van der Waals surface area contributed by atoms with Crippen molar-refractivity contribution in [3.05, 3.63) is 11.9 Å². The van der Waals surface area contributed by atoms with Crippen LogP contribution >= 0.6 is 0 Å². The van der Waals surface area contributed by atoms with Crippen molar-refractivity contribution >= 4 is 5.82 Å². The Balaban J connectivity index is 3.05. The van der Waals surface area contributed by atoms with Crippen LogP contribution < -0.4 is 10.5 Å². The average molecular weight is 305 g/mol. The van der Waals surface area contributed by atoms with Gasteiger partial charge in [-0.2, -0.15) is 31.3 Å². The fraction of sp³-hybridized carbons (Fsp3) is 0.556. The average Bonchev–Trinajstić information content (AvgIpc) is 2.22. The largest absolute Gasteiger partial charge is 0.455 e. The molecule has 1 aromatic rings. The molecule has 1 rings (SSSR count). The van der Waals surface area contributed by atoms with Crippen LogP contribution in [0.4, 0.5) is 32.2 Å². The Morgan fingerprint density at radius 3 is 2.15 bits per heavy atom. The van der Waals surface area contributed by atoms with Gasteiger partial charge in [0.15, 0.2) is 5.82 Å². The number of anilines is 1. The molecular weight excluding hydrogens is 296 g/mol. The Bertz CT molecular complexity index is 448. The van der Waals surface area contributed by atoms with Crippen molar-refractivity contribution in [3.8, 4) is 5.88 Å². The van der Waals surface area contributed by atoms with E-state index in [0.29, 0.717) is 6.07 Å². The van der Waals surface area contributed by atoms with Crippen molar-refractivity contribution in [2.75, 3.05) is 12.8 Å².